The molecule has 0 aliphatic carbocycles. The van der Waals surface area contributed by atoms with Gasteiger partial charge in [0.1, 0.15) is 17.9 Å². The lowest BCUT2D eigenvalue weighted by Gasteiger charge is -2.23. The number of nitrogens with one attached hydrogen (secondary N) is 1. The Bertz CT molecular complexity index is 950. The van der Waals surface area contributed by atoms with Crippen molar-refractivity contribution in [2.45, 2.75) is 18.9 Å². The molecule has 0 bridgehead atoms. The first kappa shape index (κ1) is 19.4. The average molecular weight is 417 g/mol. The molecule has 0 saturated carbocycles. The van der Waals surface area contributed by atoms with Crippen LogP contribution in [0.2, 0.25) is 5.02 Å². The largest absolute Gasteiger partial charge is 0.490 e. The normalized spacial score (nSPS) is 21.0. The number of rotatable bonds is 5. The predicted octanol–water partition coefficient (Wildman–Crippen LogP) is 3.35. The van der Waals surface area contributed by atoms with Crippen molar-refractivity contribution in [3.8, 4) is 17.2 Å². The third kappa shape index (κ3) is 3.70. The van der Waals surface area contributed by atoms with Crippen molar-refractivity contribution in [1.82, 2.24) is 10.2 Å². The van der Waals surface area contributed by atoms with Crippen molar-refractivity contribution in [3.05, 3.63) is 53.1 Å². The van der Waals surface area contributed by atoms with E-state index in [4.69, 9.17) is 25.8 Å². The highest BCUT2D eigenvalue weighted by molar-refractivity contribution is 6.32. The van der Waals surface area contributed by atoms with E-state index in [1.807, 2.05) is 0 Å². The Labute approximate surface area is 173 Å². The Balaban J connectivity index is 1.48. The summed E-state index contributed by atoms with van der Waals surface area (Å²) in [7, 11) is 0. The van der Waals surface area contributed by atoms with Crippen molar-refractivity contribution in [1.29, 1.82) is 0 Å². The molecule has 4 rings (SSSR count). The van der Waals surface area contributed by atoms with Gasteiger partial charge in [0.05, 0.1) is 24.8 Å². The third-order valence-electron chi connectivity index (χ3n) is 5.01. The molecule has 0 aromatic heterocycles. The molecular weight excluding hydrogens is 396 g/mol. The zero-order chi connectivity index (χ0) is 20.4. The van der Waals surface area contributed by atoms with Crippen molar-refractivity contribution >= 4 is 23.5 Å². The van der Waals surface area contributed by atoms with Gasteiger partial charge >= 0.3 is 6.03 Å². The van der Waals surface area contributed by atoms with Gasteiger partial charge in [-0.25, -0.2) is 4.79 Å². The van der Waals surface area contributed by atoms with Crippen LogP contribution in [0.4, 0.5) is 4.79 Å². The maximum atomic E-state index is 13.1. The van der Waals surface area contributed by atoms with Gasteiger partial charge in [0.15, 0.2) is 11.5 Å². The molecule has 2 aromatic rings. The fraction of sp³-hybridized carbons (Fsp3) is 0.333. The zero-order valence-corrected chi connectivity index (χ0v) is 16.7. The van der Waals surface area contributed by atoms with E-state index < -0.39 is 11.6 Å². The Kier molecular flexibility index (Phi) is 5.24. The van der Waals surface area contributed by atoms with Crippen LogP contribution in [-0.4, -0.2) is 43.2 Å². The third-order valence-corrected chi connectivity index (χ3v) is 5.32. The fourth-order valence-corrected chi connectivity index (χ4v) is 3.57. The molecule has 0 spiro atoms. The zero-order valence-electron chi connectivity index (χ0n) is 15.9. The number of para-hydroxylation sites is 1. The first-order valence-corrected chi connectivity index (χ1v) is 9.78. The molecule has 2 aliphatic heterocycles. The van der Waals surface area contributed by atoms with E-state index in [9.17, 15) is 9.59 Å². The van der Waals surface area contributed by atoms with Gasteiger partial charge in [0.25, 0.3) is 5.91 Å². The summed E-state index contributed by atoms with van der Waals surface area (Å²) in [5.41, 5.74) is -0.554. The summed E-state index contributed by atoms with van der Waals surface area (Å²) in [6.07, 6.45) is 0.788. The molecule has 1 atom stereocenters. The molecule has 29 heavy (non-hydrogen) atoms. The molecule has 1 saturated heterocycles. The lowest BCUT2D eigenvalue weighted by Crippen LogP contribution is -2.41. The monoisotopic (exact) mass is 416 g/mol. The molecule has 0 radical (unpaired) electrons. The number of amides is 3. The minimum absolute atomic E-state index is 0.107. The van der Waals surface area contributed by atoms with Gasteiger partial charge in [-0.05, 0) is 36.8 Å². The van der Waals surface area contributed by atoms with Crippen LogP contribution < -0.4 is 19.5 Å². The molecule has 8 heteroatoms. The van der Waals surface area contributed by atoms with Crippen molar-refractivity contribution in [2.24, 2.45) is 0 Å². The van der Waals surface area contributed by atoms with Crippen molar-refractivity contribution in [3.63, 3.8) is 0 Å². The highest BCUT2D eigenvalue weighted by Crippen LogP contribution is 2.36. The lowest BCUT2D eigenvalue weighted by molar-refractivity contribution is -0.131. The Morgan fingerprint density at radius 1 is 1.14 bits per heavy atom. The molecule has 3 amide bonds. The van der Waals surface area contributed by atoms with Crippen LogP contribution in [-0.2, 0) is 10.3 Å². The van der Waals surface area contributed by atoms with Crippen LogP contribution in [0.25, 0.3) is 0 Å². The Hall–Kier alpha value is -2.93. The number of halogens is 1. The average Bonchev–Trinajstić information content (AvgIpc) is 2.87. The van der Waals surface area contributed by atoms with Gasteiger partial charge in [-0.1, -0.05) is 29.8 Å². The number of carbonyl (C=O) groups is 2. The number of fused-ring (bicyclic) bond motifs is 1. The second kappa shape index (κ2) is 7.83. The topological polar surface area (TPSA) is 77.1 Å². The predicted molar refractivity (Wildman–Crippen MR) is 107 cm³/mol. The van der Waals surface area contributed by atoms with E-state index in [1.165, 1.54) is 0 Å². The van der Waals surface area contributed by atoms with Crippen molar-refractivity contribution < 1.29 is 23.8 Å². The fourth-order valence-electron chi connectivity index (χ4n) is 3.38. The van der Waals surface area contributed by atoms with Gasteiger partial charge in [-0.2, -0.15) is 0 Å². The van der Waals surface area contributed by atoms with Gasteiger partial charge in [-0.15, -0.1) is 0 Å². The van der Waals surface area contributed by atoms with E-state index in [2.05, 4.69) is 5.32 Å². The van der Waals surface area contributed by atoms with Crippen LogP contribution in [0.15, 0.2) is 42.5 Å². The van der Waals surface area contributed by atoms with Crippen LogP contribution in [0, 0.1) is 0 Å². The maximum absolute atomic E-state index is 13.1. The number of benzene rings is 2. The summed E-state index contributed by atoms with van der Waals surface area (Å²) >= 11 is 6.07. The maximum Gasteiger partial charge on any atom is 0.325 e. The highest BCUT2D eigenvalue weighted by Gasteiger charge is 2.49. The van der Waals surface area contributed by atoms with Crippen LogP contribution in [0.3, 0.4) is 0 Å². The SMILES string of the molecule is C[C@@]1(c2ccc3c(c2)OCCCO3)NC(=O)N(CCOc2ccccc2Cl)C1=O. The van der Waals surface area contributed by atoms with Crippen LogP contribution in [0.1, 0.15) is 18.9 Å². The summed E-state index contributed by atoms with van der Waals surface area (Å²) in [6, 6.07) is 11.9. The quantitative estimate of drug-likeness (QED) is 0.756. The second-order valence-electron chi connectivity index (χ2n) is 7.00. The molecular formula is C21H21ClN2O5. The molecule has 1 fully saturated rings. The number of nitrogens with zero attached hydrogens (tertiary/aromatic N) is 1. The first-order valence-electron chi connectivity index (χ1n) is 9.40. The number of carbonyl (C=O) groups excluding carboxylic acids is 2. The van der Waals surface area contributed by atoms with Gasteiger partial charge in [-0.3, -0.25) is 9.69 Å². The standard InChI is InChI=1S/C21H21ClN2O5/c1-21(14-7-8-17-18(13-14)28-11-4-10-27-17)19(25)24(20(26)23-21)9-12-29-16-6-3-2-5-15(16)22/h2-3,5-8,13H,4,9-12H2,1H3,(H,23,26)/t21-/m0/s1. The molecule has 1 N–H and O–H groups in total. The summed E-state index contributed by atoms with van der Waals surface area (Å²) < 4.78 is 17.0. The second-order valence-corrected chi connectivity index (χ2v) is 7.41. The molecule has 2 aromatic carbocycles. The number of hydrogen-bond acceptors (Lipinski definition) is 5. The number of ether oxygens (including phenoxy) is 3. The summed E-state index contributed by atoms with van der Waals surface area (Å²) in [5.74, 6) is 1.37. The number of urea groups is 1. The van der Waals surface area contributed by atoms with E-state index in [0.29, 0.717) is 41.0 Å². The highest BCUT2D eigenvalue weighted by atomic mass is 35.5. The van der Waals surface area contributed by atoms with Gasteiger partial charge in [0, 0.05) is 6.42 Å². The molecule has 0 unspecified atom stereocenters. The Morgan fingerprint density at radius 3 is 2.69 bits per heavy atom. The van der Waals surface area contributed by atoms with E-state index in [0.717, 1.165) is 11.3 Å². The molecule has 7 nitrogen and oxygen atoms in total. The summed E-state index contributed by atoms with van der Waals surface area (Å²) in [5, 5.41) is 3.26. The minimum atomic E-state index is -1.19. The van der Waals surface area contributed by atoms with E-state index >= 15 is 0 Å². The lowest BCUT2D eigenvalue weighted by atomic mass is 9.91. The number of hydrogen-bond donors (Lipinski definition) is 1. The molecule has 152 valence electrons. The summed E-state index contributed by atoms with van der Waals surface area (Å²) in [4.78, 5) is 26.7. The summed E-state index contributed by atoms with van der Waals surface area (Å²) in [6.45, 7) is 3.05. The van der Waals surface area contributed by atoms with Crippen molar-refractivity contribution in [2.75, 3.05) is 26.4 Å². The first-order chi connectivity index (χ1) is 14.0. The van der Waals surface area contributed by atoms with Crippen LogP contribution in [0.5, 0.6) is 17.2 Å². The molecule has 2 heterocycles. The number of imide groups is 1. The van der Waals surface area contributed by atoms with Gasteiger partial charge in [0.2, 0.25) is 0 Å². The smallest absolute Gasteiger partial charge is 0.325 e. The van der Waals surface area contributed by atoms with E-state index in [-0.39, 0.29) is 19.1 Å². The molecule has 2 aliphatic rings. The van der Waals surface area contributed by atoms with Gasteiger partial charge < -0.3 is 19.5 Å². The minimum Gasteiger partial charge on any atom is -0.490 e. The Morgan fingerprint density at radius 2 is 1.90 bits per heavy atom. The van der Waals surface area contributed by atoms with Crippen LogP contribution >= 0.6 is 11.6 Å². The van der Waals surface area contributed by atoms with E-state index in [1.54, 1.807) is 49.4 Å².